The van der Waals surface area contributed by atoms with Gasteiger partial charge in [-0.25, -0.2) is 4.79 Å². The maximum atomic E-state index is 12.3. The molecule has 20 heavy (non-hydrogen) atoms. The predicted molar refractivity (Wildman–Crippen MR) is 76.1 cm³/mol. The molecule has 0 saturated carbocycles. The van der Waals surface area contributed by atoms with Gasteiger partial charge in [0.15, 0.2) is 11.3 Å². The van der Waals surface area contributed by atoms with Gasteiger partial charge in [-0.3, -0.25) is 4.90 Å². The number of nitrogens with two attached hydrogens (primary N) is 1. The molecule has 2 rings (SSSR count). The first-order valence-corrected chi connectivity index (χ1v) is 7.39. The van der Waals surface area contributed by atoms with Gasteiger partial charge in [0.2, 0.25) is 0 Å². The van der Waals surface area contributed by atoms with Gasteiger partial charge in [-0.2, -0.15) is 0 Å². The van der Waals surface area contributed by atoms with Crippen LogP contribution < -0.4 is 5.32 Å². The zero-order valence-electron chi connectivity index (χ0n) is 13.8. The minimum atomic E-state index is -1.28. The minimum Gasteiger partial charge on any atom is -0.438 e. The maximum absolute atomic E-state index is 12.3. The molecule has 1 atom stereocenters. The molecule has 2 heterocycles. The van der Waals surface area contributed by atoms with Crippen LogP contribution in [-0.4, -0.2) is 44.5 Å². The van der Waals surface area contributed by atoms with E-state index in [1.54, 1.807) is 25.7 Å². The second kappa shape index (κ2) is 4.10. The van der Waals surface area contributed by atoms with Crippen molar-refractivity contribution in [3.8, 4) is 0 Å². The van der Waals surface area contributed by atoms with Crippen molar-refractivity contribution >= 4 is 6.09 Å². The van der Waals surface area contributed by atoms with Crippen LogP contribution in [0.3, 0.4) is 0 Å². The summed E-state index contributed by atoms with van der Waals surface area (Å²) in [7, 11) is 0. The average Bonchev–Trinajstić information content (AvgIpc) is 2.24. The van der Waals surface area contributed by atoms with Crippen molar-refractivity contribution in [1.29, 1.82) is 0 Å². The van der Waals surface area contributed by atoms with Gasteiger partial charge in [0.1, 0.15) is 0 Å². The van der Waals surface area contributed by atoms with Crippen LogP contribution in [-0.2, 0) is 4.74 Å². The molecule has 0 spiro atoms. The van der Waals surface area contributed by atoms with E-state index in [1.807, 2.05) is 0 Å². The summed E-state index contributed by atoms with van der Waals surface area (Å²) < 4.78 is 5.39. The van der Waals surface area contributed by atoms with Crippen molar-refractivity contribution in [3.63, 3.8) is 0 Å². The van der Waals surface area contributed by atoms with Crippen molar-refractivity contribution in [1.82, 2.24) is 4.90 Å². The van der Waals surface area contributed by atoms with E-state index < -0.39 is 17.4 Å². The van der Waals surface area contributed by atoms with E-state index in [0.29, 0.717) is 0 Å². The molecule has 0 aromatic rings. The summed E-state index contributed by atoms with van der Waals surface area (Å²) in [6.07, 6.45) is 1.29. The molecule has 5 heteroatoms. The van der Waals surface area contributed by atoms with Gasteiger partial charge in [0.05, 0.1) is 11.1 Å². The summed E-state index contributed by atoms with van der Waals surface area (Å²) in [5, 5.41) is 13.2. The molecular weight excluding hydrogens is 256 g/mol. The summed E-state index contributed by atoms with van der Waals surface area (Å²) in [4.78, 5) is 13.8. The van der Waals surface area contributed by atoms with Crippen molar-refractivity contribution in [2.75, 3.05) is 0 Å². The summed E-state index contributed by atoms with van der Waals surface area (Å²) in [5.74, 6) is 0. The Morgan fingerprint density at radius 1 is 1.10 bits per heavy atom. The number of ether oxygens (including phenoxy) is 1. The Kier molecular flexibility index (Phi) is 3.20. The van der Waals surface area contributed by atoms with Crippen LogP contribution in [0.25, 0.3) is 0 Å². The second-order valence-corrected chi connectivity index (χ2v) is 8.45. The zero-order valence-corrected chi connectivity index (χ0v) is 13.8. The van der Waals surface area contributed by atoms with Crippen LogP contribution in [0.1, 0.15) is 61.3 Å². The Labute approximate surface area is 121 Å². The normalized spacial score (nSPS) is 36.0. The number of rotatable bonds is 1. The first-order valence-electron chi connectivity index (χ1n) is 7.39. The van der Waals surface area contributed by atoms with Gasteiger partial charge in [0.25, 0.3) is 0 Å². The molecule has 0 radical (unpaired) electrons. The molecule has 2 fully saturated rings. The number of carbonyl (C=O) groups excluding carboxylic acids is 1. The molecule has 2 saturated heterocycles. The number of quaternary nitrogens is 1. The van der Waals surface area contributed by atoms with E-state index in [9.17, 15) is 9.90 Å². The Balaban J connectivity index is 2.33. The lowest BCUT2D eigenvalue weighted by Gasteiger charge is -2.48. The molecule has 0 aromatic heterocycles. The number of piperidine rings is 1. The van der Waals surface area contributed by atoms with Crippen LogP contribution in [0.2, 0.25) is 0 Å². The Bertz CT molecular complexity index is 411. The lowest BCUT2D eigenvalue weighted by molar-refractivity contribution is -0.788. The third-order valence-electron chi connectivity index (χ3n) is 4.82. The van der Waals surface area contributed by atoms with Crippen molar-refractivity contribution in [3.05, 3.63) is 0 Å². The molecule has 2 aliphatic rings. The summed E-state index contributed by atoms with van der Waals surface area (Å²) in [6.45, 7) is 13.9. The predicted octanol–water partition coefficient (Wildman–Crippen LogP) is 1.21. The van der Waals surface area contributed by atoms with Gasteiger partial charge in [0, 0.05) is 18.9 Å². The molecule has 116 valence electrons. The Hall–Kier alpha value is -0.810. The lowest BCUT2D eigenvalue weighted by atomic mass is 9.78. The minimum absolute atomic E-state index is 0.00530. The Morgan fingerprint density at radius 2 is 1.55 bits per heavy atom. The molecule has 1 amide bonds. The van der Waals surface area contributed by atoms with Gasteiger partial charge in [-0.1, -0.05) is 0 Å². The van der Waals surface area contributed by atoms with Crippen LogP contribution in [0.5, 0.6) is 0 Å². The smallest absolute Gasteiger partial charge is 0.413 e. The number of nitrogens with zero attached hydrogens (tertiary/aromatic N) is 1. The van der Waals surface area contributed by atoms with Gasteiger partial charge >= 0.3 is 6.09 Å². The monoisotopic (exact) mass is 285 g/mol. The SMILES string of the molecule is CC1(C)CC(N2C(=O)OC(C)(C)C2(C)O)CC(C)(C)[NH2+]1. The Morgan fingerprint density at radius 3 is 1.90 bits per heavy atom. The standard InChI is InChI=1S/C15H28N2O3/c1-12(2)8-10(9-13(3,4)16-12)17-11(18)20-14(5,6)15(17,7)19/h10,16,19H,8-9H2,1-7H3/p+1. The number of hydrogen-bond donors (Lipinski definition) is 2. The number of carbonyl (C=O) groups is 1. The first kappa shape index (κ1) is 15.6. The van der Waals surface area contributed by atoms with Crippen LogP contribution in [0, 0.1) is 0 Å². The van der Waals surface area contributed by atoms with E-state index in [2.05, 4.69) is 33.0 Å². The van der Waals surface area contributed by atoms with Gasteiger partial charge < -0.3 is 15.2 Å². The molecule has 1 unspecified atom stereocenters. The first-order chi connectivity index (χ1) is 8.78. The summed E-state index contributed by atoms with van der Waals surface area (Å²) in [5.41, 5.74) is -2.09. The van der Waals surface area contributed by atoms with E-state index >= 15 is 0 Å². The fraction of sp³-hybridized carbons (Fsp3) is 0.933. The highest BCUT2D eigenvalue weighted by Crippen LogP contribution is 2.41. The average molecular weight is 285 g/mol. The van der Waals surface area contributed by atoms with Crippen LogP contribution in [0.15, 0.2) is 0 Å². The second-order valence-electron chi connectivity index (χ2n) is 8.45. The largest absolute Gasteiger partial charge is 0.438 e. The summed E-state index contributed by atoms with van der Waals surface area (Å²) in [6, 6.07) is -0.00530. The molecule has 5 nitrogen and oxygen atoms in total. The third kappa shape index (κ3) is 2.42. The molecule has 0 aromatic carbocycles. The molecular formula is C15H29N2O3+. The number of aliphatic hydroxyl groups is 1. The molecule has 0 bridgehead atoms. The van der Waals surface area contributed by atoms with E-state index in [4.69, 9.17) is 4.74 Å². The van der Waals surface area contributed by atoms with Crippen LogP contribution in [0.4, 0.5) is 4.79 Å². The van der Waals surface area contributed by atoms with E-state index in [-0.39, 0.29) is 17.1 Å². The van der Waals surface area contributed by atoms with Crippen molar-refractivity contribution in [2.24, 2.45) is 0 Å². The van der Waals surface area contributed by atoms with E-state index in [1.165, 1.54) is 0 Å². The van der Waals surface area contributed by atoms with Crippen molar-refractivity contribution in [2.45, 2.75) is 89.8 Å². The zero-order chi connectivity index (χ0) is 15.6. The molecule has 2 aliphatic heterocycles. The van der Waals surface area contributed by atoms with Gasteiger partial charge in [-0.05, 0) is 48.5 Å². The quantitative estimate of drug-likeness (QED) is 0.761. The molecule has 3 N–H and O–H groups in total. The fourth-order valence-electron chi connectivity index (χ4n) is 3.98. The molecule has 0 aliphatic carbocycles. The van der Waals surface area contributed by atoms with Crippen molar-refractivity contribution < 1.29 is 20.0 Å². The summed E-state index contributed by atoms with van der Waals surface area (Å²) >= 11 is 0. The third-order valence-corrected chi connectivity index (χ3v) is 4.82. The number of amides is 1. The number of cyclic esters (lactones) is 1. The topological polar surface area (TPSA) is 66.4 Å². The fourth-order valence-corrected chi connectivity index (χ4v) is 3.98. The van der Waals surface area contributed by atoms with E-state index in [0.717, 1.165) is 12.8 Å². The van der Waals surface area contributed by atoms with Gasteiger partial charge in [-0.15, -0.1) is 0 Å². The number of hydrogen-bond acceptors (Lipinski definition) is 3. The highest BCUT2D eigenvalue weighted by molar-refractivity contribution is 5.72. The maximum Gasteiger partial charge on any atom is 0.413 e. The highest BCUT2D eigenvalue weighted by Gasteiger charge is 2.60. The van der Waals surface area contributed by atoms with Crippen LogP contribution >= 0.6 is 0 Å². The lowest BCUT2D eigenvalue weighted by Crippen LogP contribution is -3.06. The highest BCUT2D eigenvalue weighted by atomic mass is 16.6.